The summed E-state index contributed by atoms with van der Waals surface area (Å²) in [7, 11) is 1.74. The summed E-state index contributed by atoms with van der Waals surface area (Å²) in [6.45, 7) is 7.20. The van der Waals surface area contributed by atoms with E-state index in [1.807, 2.05) is 0 Å². The van der Waals surface area contributed by atoms with E-state index in [1.54, 1.807) is 7.11 Å². The maximum Gasteiger partial charge on any atom is 0.0587 e. The normalized spacial score (nSPS) is 19.6. The van der Waals surface area contributed by atoms with Gasteiger partial charge in [0.1, 0.15) is 0 Å². The molecule has 0 saturated carbocycles. The molecular formula is C11H25N3O. The molecule has 1 fully saturated rings. The fourth-order valence-corrected chi connectivity index (χ4v) is 2.08. The van der Waals surface area contributed by atoms with Crippen molar-refractivity contribution in [3.8, 4) is 0 Å². The van der Waals surface area contributed by atoms with Crippen molar-refractivity contribution >= 4 is 0 Å². The Bertz CT molecular complexity index is 144. The molecule has 0 radical (unpaired) electrons. The summed E-state index contributed by atoms with van der Waals surface area (Å²) in [5.41, 5.74) is 5.54. The third-order valence-electron chi connectivity index (χ3n) is 3.07. The summed E-state index contributed by atoms with van der Waals surface area (Å²) in [5, 5.41) is 3.43. The highest BCUT2D eigenvalue weighted by atomic mass is 16.5. The topological polar surface area (TPSA) is 50.5 Å². The Morgan fingerprint density at radius 3 is 2.73 bits per heavy atom. The van der Waals surface area contributed by atoms with Crippen LogP contribution in [0.2, 0.25) is 0 Å². The van der Waals surface area contributed by atoms with Crippen LogP contribution in [-0.4, -0.2) is 57.9 Å². The quantitative estimate of drug-likeness (QED) is 0.582. The van der Waals surface area contributed by atoms with Gasteiger partial charge in [-0.25, -0.2) is 0 Å². The maximum atomic E-state index is 5.54. The minimum Gasteiger partial charge on any atom is -0.383 e. The van der Waals surface area contributed by atoms with Crippen LogP contribution < -0.4 is 11.1 Å². The molecule has 0 atom stereocenters. The Morgan fingerprint density at radius 2 is 2.13 bits per heavy atom. The first-order valence-electron chi connectivity index (χ1n) is 5.99. The Balaban J connectivity index is 1.99. The van der Waals surface area contributed by atoms with E-state index in [2.05, 4.69) is 10.2 Å². The van der Waals surface area contributed by atoms with E-state index in [0.717, 1.165) is 38.7 Å². The molecule has 0 amide bonds. The van der Waals surface area contributed by atoms with Crippen molar-refractivity contribution in [2.24, 2.45) is 11.7 Å². The summed E-state index contributed by atoms with van der Waals surface area (Å²) in [4.78, 5) is 2.46. The van der Waals surface area contributed by atoms with Gasteiger partial charge in [0.05, 0.1) is 6.61 Å². The summed E-state index contributed by atoms with van der Waals surface area (Å²) in [6, 6.07) is 0. The molecule has 1 saturated heterocycles. The van der Waals surface area contributed by atoms with Crippen molar-refractivity contribution in [1.29, 1.82) is 0 Å². The molecule has 1 aliphatic heterocycles. The second-order valence-electron chi connectivity index (χ2n) is 4.27. The fraction of sp³-hybridized carbons (Fsp3) is 1.00. The molecule has 0 spiro atoms. The lowest BCUT2D eigenvalue weighted by atomic mass is 9.97. The van der Waals surface area contributed by atoms with E-state index in [9.17, 15) is 0 Å². The molecule has 3 N–H and O–H groups in total. The number of piperidine rings is 1. The average molecular weight is 215 g/mol. The molecule has 0 aliphatic carbocycles. The number of likely N-dealkylation sites (tertiary alicyclic amines) is 1. The Hall–Kier alpha value is -0.160. The first-order chi connectivity index (χ1) is 7.36. The summed E-state index contributed by atoms with van der Waals surface area (Å²) in [6.07, 6.45) is 2.61. The molecule has 0 aromatic carbocycles. The van der Waals surface area contributed by atoms with Gasteiger partial charge in [-0.05, 0) is 38.4 Å². The van der Waals surface area contributed by atoms with Crippen molar-refractivity contribution in [3.63, 3.8) is 0 Å². The van der Waals surface area contributed by atoms with Gasteiger partial charge in [0.15, 0.2) is 0 Å². The van der Waals surface area contributed by atoms with Crippen LogP contribution in [0, 0.1) is 5.92 Å². The maximum absolute atomic E-state index is 5.54. The standard InChI is InChI=1S/C11H25N3O/c1-15-9-5-13-10-11-2-6-14(7-3-11)8-4-12/h11,13H,2-10,12H2,1H3. The molecule has 0 aromatic rings. The fourth-order valence-electron chi connectivity index (χ4n) is 2.08. The highest BCUT2D eigenvalue weighted by molar-refractivity contribution is 4.73. The van der Waals surface area contributed by atoms with Crippen molar-refractivity contribution in [3.05, 3.63) is 0 Å². The van der Waals surface area contributed by atoms with Gasteiger partial charge in [-0.2, -0.15) is 0 Å². The Morgan fingerprint density at radius 1 is 1.40 bits per heavy atom. The van der Waals surface area contributed by atoms with Gasteiger partial charge >= 0.3 is 0 Å². The molecule has 4 heteroatoms. The monoisotopic (exact) mass is 215 g/mol. The zero-order valence-electron chi connectivity index (χ0n) is 9.87. The van der Waals surface area contributed by atoms with Gasteiger partial charge < -0.3 is 20.7 Å². The van der Waals surface area contributed by atoms with Gasteiger partial charge in [-0.15, -0.1) is 0 Å². The van der Waals surface area contributed by atoms with Crippen molar-refractivity contribution in [1.82, 2.24) is 10.2 Å². The third kappa shape index (κ3) is 5.47. The van der Waals surface area contributed by atoms with Crippen molar-refractivity contribution in [2.75, 3.05) is 53.0 Å². The molecular weight excluding hydrogens is 190 g/mol. The number of hydrogen-bond acceptors (Lipinski definition) is 4. The van der Waals surface area contributed by atoms with E-state index in [-0.39, 0.29) is 0 Å². The van der Waals surface area contributed by atoms with Crippen molar-refractivity contribution in [2.45, 2.75) is 12.8 Å². The van der Waals surface area contributed by atoms with Crippen molar-refractivity contribution < 1.29 is 4.74 Å². The number of methoxy groups -OCH3 is 1. The first kappa shape index (κ1) is 12.9. The lowest BCUT2D eigenvalue weighted by molar-refractivity contribution is 0.176. The van der Waals surface area contributed by atoms with Gasteiger partial charge in [0.2, 0.25) is 0 Å². The van der Waals surface area contributed by atoms with E-state index in [4.69, 9.17) is 10.5 Å². The van der Waals surface area contributed by atoms with Crippen LogP contribution in [0.5, 0.6) is 0 Å². The predicted molar refractivity (Wildman–Crippen MR) is 63.0 cm³/mol. The van der Waals surface area contributed by atoms with E-state index in [1.165, 1.54) is 25.9 Å². The molecule has 0 bridgehead atoms. The number of rotatable bonds is 7. The highest BCUT2D eigenvalue weighted by Crippen LogP contribution is 2.15. The van der Waals surface area contributed by atoms with Gasteiger partial charge in [-0.3, -0.25) is 0 Å². The van der Waals surface area contributed by atoms with Crippen LogP contribution in [0.25, 0.3) is 0 Å². The van der Waals surface area contributed by atoms with Crippen LogP contribution in [0.4, 0.5) is 0 Å². The molecule has 90 valence electrons. The van der Waals surface area contributed by atoms with Crippen LogP contribution in [0.15, 0.2) is 0 Å². The molecule has 0 aromatic heterocycles. The minimum atomic E-state index is 0.788. The second kappa shape index (κ2) is 8.05. The second-order valence-corrected chi connectivity index (χ2v) is 4.27. The van der Waals surface area contributed by atoms with Crippen LogP contribution >= 0.6 is 0 Å². The van der Waals surface area contributed by atoms with Gasteiger partial charge in [0.25, 0.3) is 0 Å². The SMILES string of the molecule is COCCNCC1CCN(CCN)CC1. The molecule has 15 heavy (non-hydrogen) atoms. The number of nitrogens with one attached hydrogen (secondary N) is 1. The smallest absolute Gasteiger partial charge is 0.0587 e. The average Bonchev–Trinajstić information content (AvgIpc) is 2.27. The number of nitrogens with two attached hydrogens (primary N) is 1. The van der Waals surface area contributed by atoms with Gasteiger partial charge in [-0.1, -0.05) is 0 Å². The lowest BCUT2D eigenvalue weighted by Crippen LogP contribution is -2.39. The van der Waals surface area contributed by atoms with Gasteiger partial charge in [0, 0.05) is 26.7 Å². The lowest BCUT2D eigenvalue weighted by Gasteiger charge is -2.31. The minimum absolute atomic E-state index is 0.788. The summed E-state index contributed by atoms with van der Waals surface area (Å²) < 4.78 is 5.00. The van der Waals surface area contributed by atoms with E-state index < -0.39 is 0 Å². The number of nitrogens with zero attached hydrogens (tertiary/aromatic N) is 1. The highest BCUT2D eigenvalue weighted by Gasteiger charge is 2.17. The van der Waals surface area contributed by atoms with E-state index >= 15 is 0 Å². The molecule has 1 aliphatic rings. The number of ether oxygens (including phenoxy) is 1. The Kier molecular flexibility index (Phi) is 6.92. The van der Waals surface area contributed by atoms with Crippen LogP contribution in [0.3, 0.4) is 0 Å². The zero-order valence-corrected chi connectivity index (χ0v) is 9.87. The molecule has 1 rings (SSSR count). The number of hydrogen-bond donors (Lipinski definition) is 2. The van der Waals surface area contributed by atoms with Crippen LogP contribution in [-0.2, 0) is 4.74 Å². The largest absolute Gasteiger partial charge is 0.383 e. The Labute approximate surface area is 93.1 Å². The zero-order chi connectivity index (χ0) is 10.9. The predicted octanol–water partition coefficient (Wildman–Crippen LogP) is -0.107. The molecule has 0 unspecified atom stereocenters. The van der Waals surface area contributed by atoms with Crippen LogP contribution in [0.1, 0.15) is 12.8 Å². The molecule has 1 heterocycles. The first-order valence-corrected chi connectivity index (χ1v) is 5.99. The summed E-state index contributed by atoms with van der Waals surface area (Å²) >= 11 is 0. The summed E-state index contributed by atoms with van der Waals surface area (Å²) in [5.74, 6) is 0.843. The third-order valence-corrected chi connectivity index (χ3v) is 3.07. The molecule has 4 nitrogen and oxygen atoms in total. The van der Waals surface area contributed by atoms with E-state index in [0.29, 0.717) is 0 Å².